The Morgan fingerprint density at radius 1 is 1.14 bits per heavy atom. The van der Waals surface area contributed by atoms with E-state index in [1.165, 1.54) is 25.3 Å². The number of nitrogens with zero attached hydrogens (tertiary/aromatic N) is 2. The molecular weight excluding hydrogens is 510 g/mol. The second kappa shape index (κ2) is 9.00. The Hall–Kier alpha value is -3.82. The lowest BCUT2D eigenvalue weighted by molar-refractivity contribution is -0.132. The first-order valence-electron chi connectivity index (χ1n) is 10.7. The molecule has 1 aliphatic rings. The van der Waals surface area contributed by atoms with Gasteiger partial charge in [0.15, 0.2) is 10.9 Å². The molecule has 1 fully saturated rings. The van der Waals surface area contributed by atoms with Gasteiger partial charge in [-0.05, 0) is 36.8 Å². The van der Waals surface area contributed by atoms with Gasteiger partial charge in [0.05, 0.1) is 28.4 Å². The number of hydrogen-bond acceptors (Lipinski definition) is 6. The van der Waals surface area contributed by atoms with Crippen molar-refractivity contribution in [2.75, 3.05) is 12.0 Å². The Labute approximate surface area is 213 Å². The Kier molecular flexibility index (Phi) is 5.97. The van der Waals surface area contributed by atoms with Crippen LogP contribution in [-0.4, -0.2) is 28.9 Å². The second-order valence-electron chi connectivity index (χ2n) is 8.16. The van der Waals surface area contributed by atoms with Crippen molar-refractivity contribution in [3.63, 3.8) is 0 Å². The number of benzene rings is 3. The van der Waals surface area contributed by atoms with Crippen molar-refractivity contribution in [2.24, 2.45) is 0 Å². The third-order valence-corrected chi connectivity index (χ3v) is 7.15. The minimum absolute atomic E-state index is 0.00385. The summed E-state index contributed by atoms with van der Waals surface area (Å²) >= 11 is 6.97. The van der Waals surface area contributed by atoms with Crippen LogP contribution in [0.4, 0.5) is 13.9 Å². The summed E-state index contributed by atoms with van der Waals surface area (Å²) in [5.74, 6) is -3.74. The van der Waals surface area contributed by atoms with Gasteiger partial charge >= 0.3 is 5.91 Å². The number of rotatable bonds is 4. The number of Topliss-reactive ketones (excluding diaryl/α,β-unsaturated/α-hetero) is 1. The molecule has 1 aliphatic heterocycles. The maximum Gasteiger partial charge on any atom is 0.301 e. The molecule has 4 aromatic rings. The lowest BCUT2D eigenvalue weighted by Gasteiger charge is -2.23. The molecule has 5 rings (SSSR count). The van der Waals surface area contributed by atoms with Gasteiger partial charge in [0.1, 0.15) is 22.8 Å². The van der Waals surface area contributed by atoms with Crippen LogP contribution in [0.5, 0.6) is 5.75 Å². The van der Waals surface area contributed by atoms with Crippen molar-refractivity contribution in [2.45, 2.75) is 13.0 Å². The van der Waals surface area contributed by atoms with Crippen molar-refractivity contribution in [1.29, 1.82) is 0 Å². The molecule has 3 aromatic carbocycles. The molecule has 0 spiro atoms. The molecule has 0 saturated carbocycles. The fraction of sp³-hybridized carbons (Fsp3) is 0.115. The molecule has 10 heteroatoms. The van der Waals surface area contributed by atoms with Crippen LogP contribution < -0.4 is 9.64 Å². The molecule has 1 aromatic heterocycles. The van der Waals surface area contributed by atoms with E-state index in [0.29, 0.717) is 16.7 Å². The monoisotopic (exact) mass is 526 g/mol. The summed E-state index contributed by atoms with van der Waals surface area (Å²) in [6, 6.07) is 12.3. The topological polar surface area (TPSA) is 79.7 Å². The van der Waals surface area contributed by atoms with Gasteiger partial charge < -0.3 is 9.84 Å². The van der Waals surface area contributed by atoms with Gasteiger partial charge in [-0.15, -0.1) is 0 Å². The number of carbonyl (C=O) groups excluding carboxylic acids is 2. The van der Waals surface area contributed by atoms with Crippen LogP contribution in [0.15, 0.2) is 60.2 Å². The van der Waals surface area contributed by atoms with Gasteiger partial charge in [-0.2, -0.15) is 0 Å². The lowest BCUT2D eigenvalue weighted by atomic mass is 9.94. The average molecular weight is 527 g/mol. The molecule has 1 N–H and O–H groups in total. The van der Waals surface area contributed by atoms with E-state index in [0.717, 1.165) is 27.9 Å². The summed E-state index contributed by atoms with van der Waals surface area (Å²) in [5, 5.41) is 11.6. The van der Waals surface area contributed by atoms with E-state index in [-0.39, 0.29) is 32.2 Å². The molecule has 2 heterocycles. The molecule has 1 saturated heterocycles. The number of aromatic nitrogens is 1. The van der Waals surface area contributed by atoms with E-state index in [2.05, 4.69) is 4.98 Å². The molecule has 36 heavy (non-hydrogen) atoms. The summed E-state index contributed by atoms with van der Waals surface area (Å²) in [6.45, 7) is 1.84. The van der Waals surface area contributed by atoms with Gasteiger partial charge in [-0.3, -0.25) is 14.5 Å². The number of carbonyl (C=O) groups is 2. The summed E-state index contributed by atoms with van der Waals surface area (Å²) in [5.41, 5.74) is 1.29. The number of aryl methyl sites for hydroxylation is 1. The van der Waals surface area contributed by atoms with Crippen LogP contribution in [0.2, 0.25) is 5.02 Å². The van der Waals surface area contributed by atoms with Gasteiger partial charge in [0.2, 0.25) is 0 Å². The number of ketones is 1. The number of ether oxygens (including phenoxy) is 1. The van der Waals surface area contributed by atoms with Crippen LogP contribution in [0, 0.1) is 18.6 Å². The van der Waals surface area contributed by atoms with Gasteiger partial charge in [-0.1, -0.05) is 52.8 Å². The quantitative estimate of drug-likeness (QED) is 0.195. The number of halogens is 3. The number of fused-ring (bicyclic) bond motifs is 1. The third kappa shape index (κ3) is 3.90. The zero-order valence-electron chi connectivity index (χ0n) is 18.9. The van der Waals surface area contributed by atoms with E-state index in [1.54, 1.807) is 18.2 Å². The zero-order chi connectivity index (χ0) is 25.7. The SMILES string of the molecule is COc1cc(/C(O)=C2\C(=O)C(=O)N(c3nc4c(F)cc(F)cc4s3)C2c2cccc(C)c2)ccc1Cl. The van der Waals surface area contributed by atoms with Crippen molar-refractivity contribution in [3.8, 4) is 5.75 Å². The molecule has 1 unspecified atom stereocenters. The summed E-state index contributed by atoms with van der Waals surface area (Å²) in [6.07, 6.45) is 0. The van der Waals surface area contributed by atoms with Crippen molar-refractivity contribution < 1.29 is 28.2 Å². The Morgan fingerprint density at radius 2 is 1.92 bits per heavy atom. The number of hydrogen-bond donors (Lipinski definition) is 1. The highest BCUT2D eigenvalue weighted by molar-refractivity contribution is 7.22. The first-order valence-corrected chi connectivity index (χ1v) is 11.9. The number of anilines is 1. The minimum Gasteiger partial charge on any atom is -0.507 e. The molecule has 1 amide bonds. The molecule has 0 bridgehead atoms. The number of amides is 1. The van der Waals surface area contributed by atoms with E-state index >= 15 is 0 Å². The van der Waals surface area contributed by atoms with Crippen LogP contribution in [-0.2, 0) is 9.59 Å². The predicted molar refractivity (Wildman–Crippen MR) is 134 cm³/mol. The number of thiazole rings is 1. The highest BCUT2D eigenvalue weighted by Crippen LogP contribution is 2.45. The zero-order valence-corrected chi connectivity index (χ0v) is 20.5. The Bertz CT molecular complexity index is 1600. The molecule has 0 radical (unpaired) electrons. The predicted octanol–water partition coefficient (Wildman–Crippen LogP) is 6.17. The molecule has 0 aliphatic carbocycles. The molecule has 182 valence electrons. The van der Waals surface area contributed by atoms with Crippen LogP contribution in [0.25, 0.3) is 16.0 Å². The summed E-state index contributed by atoms with van der Waals surface area (Å²) in [4.78, 5) is 31.9. The first kappa shape index (κ1) is 23.9. The van der Waals surface area contributed by atoms with E-state index in [9.17, 15) is 23.5 Å². The molecular formula is C26H17ClF2N2O4S. The third-order valence-electron chi connectivity index (χ3n) is 5.83. The maximum atomic E-state index is 14.4. The minimum atomic E-state index is -1.07. The smallest absolute Gasteiger partial charge is 0.301 e. The largest absolute Gasteiger partial charge is 0.507 e. The maximum absolute atomic E-state index is 14.4. The average Bonchev–Trinajstić information content (AvgIpc) is 3.37. The van der Waals surface area contributed by atoms with Crippen LogP contribution in [0.3, 0.4) is 0 Å². The van der Waals surface area contributed by atoms with Gasteiger partial charge in [-0.25, -0.2) is 13.8 Å². The van der Waals surface area contributed by atoms with E-state index in [1.807, 2.05) is 13.0 Å². The number of aliphatic hydroxyl groups is 1. The van der Waals surface area contributed by atoms with Crippen molar-refractivity contribution in [3.05, 3.63) is 93.5 Å². The lowest BCUT2D eigenvalue weighted by Crippen LogP contribution is -2.29. The van der Waals surface area contributed by atoms with Crippen molar-refractivity contribution >= 4 is 55.7 Å². The molecule has 1 atom stereocenters. The first-order chi connectivity index (χ1) is 17.2. The number of methoxy groups -OCH3 is 1. The van der Waals surface area contributed by atoms with E-state index in [4.69, 9.17) is 16.3 Å². The van der Waals surface area contributed by atoms with E-state index < -0.39 is 35.1 Å². The standard InChI is InChI=1S/C26H17ClF2N2O4S/c1-12-4-3-5-13(8-12)22-20(23(32)14-6-7-16(27)18(9-14)35-2)24(33)25(34)31(22)26-30-21-17(29)10-15(28)11-19(21)36-26/h3-11,22,32H,1-2H3/b23-20+. The summed E-state index contributed by atoms with van der Waals surface area (Å²) < 4.78 is 33.6. The Morgan fingerprint density at radius 3 is 2.64 bits per heavy atom. The van der Waals surface area contributed by atoms with Gasteiger partial charge in [0.25, 0.3) is 5.78 Å². The van der Waals surface area contributed by atoms with Crippen LogP contribution in [0.1, 0.15) is 22.7 Å². The number of aliphatic hydroxyl groups excluding tert-OH is 1. The normalized spacial score (nSPS) is 17.2. The Balaban J connectivity index is 1.75. The fourth-order valence-corrected chi connectivity index (χ4v) is 5.42. The molecule has 6 nitrogen and oxygen atoms in total. The van der Waals surface area contributed by atoms with Gasteiger partial charge in [0, 0.05) is 11.6 Å². The van der Waals surface area contributed by atoms with Crippen LogP contribution >= 0.6 is 22.9 Å². The second-order valence-corrected chi connectivity index (χ2v) is 9.58. The van der Waals surface area contributed by atoms with Crippen molar-refractivity contribution in [1.82, 2.24) is 4.98 Å². The highest BCUT2D eigenvalue weighted by Gasteiger charge is 2.48. The fourth-order valence-electron chi connectivity index (χ4n) is 4.20. The highest BCUT2D eigenvalue weighted by atomic mass is 35.5. The summed E-state index contributed by atoms with van der Waals surface area (Å²) in [7, 11) is 1.41.